The quantitative estimate of drug-likeness (QED) is 0.546. The highest BCUT2D eigenvalue weighted by Gasteiger charge is 2.09. The minimum atomic E-state index is -0.457. The summed E-state index contributed by atoms with van der Waals surface area (Å²) in [6.45, 7) is 3.65. The zero-order chi connectivity index (χ0) is 5.91. The smallest absolute Gasteiger partial charge is 0.0599 e. The van der Waals surface area contributed by atoms with Gasteiger partial charge in [0.15, 0.2) is 0 Å². The van der Waals surface area contributed by atoms with Gasteiger partial charge in [0.1, 0.15) is 0 Å². The molecule has 2 heteroatoms. The maximum Gasteiger partial charge on any atom is 0.0599 e. The second-order valence-electron chi connectivity index (χ2n) is 2.25. The molecule has 0 rings (SSSR count). The Morgan fingerprint density at radius 1 is 1.57 bits per heavy atom. The molecule has 0 fully saturated rings. The van der Waals surface area contributed by atoms with Crippen LogP contribution in [0.25, 0.3) is 0 Å². The van der Waals surface area contributed by atoms with Crippen LogP contribution in [0.2, 0.25) is 0 Å². The van der Waals surface area contributed by atoms with Crippen LogP contribution in [-0.4, -0.2) is 15.1 Å². The highest BCUT2D eigenvalue weighted by atomic mass is 127. The van der Waals surface area contributed by atoms with Crippen LogP contribution in [0.15, 0.2) is 0 Å². The average Bonchev–Trinajstić information content (AvgIpc) is 1.30. The third-order valence-electron chi connectivity index (χ3n) is 0.706. The van der Waals surface area contributed by atoms with Crippen molar-refractivity contribution < 1.29 is 5.11 Å². The van der Waals surface area contributed by atoms with E-state index in [9.17, 15) is 0 Å². The molecule has 0 aromatic heterocycles. The number of alkyl halides is 1. The fraction of sp³-hybridized carbons (Fsp3) is 1.00. The van der Waals surface area contributed by atoms with Gasteiger partial charge in [0.2, 0.25) is 0 Å². The SMILES string of the molecule is CC(C)(O)CCI. The molecule has 0 aliphatic carbocycles. The molecule has 0 heterocycles. The van der Waals surface area contributed by atoms with Crippen molar-refractivity contribution in [3.8, 4) is 0 Å². The van der Waals surface area contributed by atoms with Crippen molar-refractivity contribution >= 4 is 22.6 Å². The summed E-state index contributed by atoms with van der Waals surface area (Å²) in [6.07, 6.45) is 0.882. The fourth-order valence-corrected chi connectivity index (χ4v) is 1.55. The summed E-state index contributed by atoms with van der Waals surface area (Å²) in [5.74, 6) is 0. The summed E-state index contributed by atoms with van der Waals surface area (Å²) in [4.78, 5) is 0. The number of halogens is 1. The van der Waals surface area contributed by atoms with Crippen LogP contribution in [0.4, 0.5) is 0 Å². The molecule has 0 saturated heterocycles. The van der Waals surface area contributed by atoms with E-state index in [1.165, 1.54) is 0 Å². The van der Waals surface area contributed by atoms with E-state index in [1.807, 2.05) is 13.8 Å². The Bertz CT molecular complexity index is 46.5. The Morgan fingerprint density at radius 2 is 2.00 bits per heavy atom. The maximum absolute atomic E-state index is 9.01. The molecule has 0 bridgehead atoms. The molecule has 7 heavy (non-hydrogen) atoms. The molecule has 0 aromatic carbocycles. The van der Waals surface area contributed by atoms with E-state index < -0.39 is 5.60 Å². The first-order chi connectivity index (χ1) is 3.06. The summed E-state index contributed by atoms with van der Waals surface area (Å²) < 4.78 is 1.03. The second-order valence-corrected chi connectivity index (χ2v) is 3.33. The molecule has 0 unspecified atom stereocenters. The first-order valence-electron chi connectivity index (χ1n) is 2.34. The van der Waals surface area contributed by atoms with Gasteiger partial charge in [0.05, 0.1) is 5.60 Å². The predicted molar refractivity (Wildman–Crippen MR) is 39.8 cm³/mol. The Kier molecular flexibility index (Phi) is 3.15. The van der Waals surface area contributed by atoms with Crippen molar-refractivity contribution in [1.82, 2.24) is 0 Å². The van der Waals surface area contributed by atoms with Gasteiger partial charge in [-0.15, -0.1) is 0 Å². The average molecular weight is 214 g/mol. The molecular weight excluding hydrogens is 203 g/mol. The fourth-order valence-electron chi connectivity index (χ4n) is 0.231. The van der Waals surface area contributed by atoms with Gasteiger partial charge in [-0.2, -0.15) is 0 Å². The van der Waals surface area contributed by atoms with Gasteiger partial charge >= 0.3 is 0 Å². The molecule has 0 aliphatic heterocycles. The Morgan fingerprint density at radius 3 is 2.00 bits per heavy atom. The van der Waals surface area contributed by atoms with Crippen molar-refractivity contribution in [3.05, 3.63) is 0 Å². The predicted octanol–water partition coefficient (Wildman–Crippen LogP) is 1.58. The van der Waals surface area contributed by atoms with Crippen LogP contribution in [-0.2, 0) is 0 Å². The van der Waals surface area contributed by atoms with Gasteiger partial charge in [-0.25, -0.2) is 0 Å². The first kappa shape index (κ1) is 7.69. The highest BCUT2D eigenvalue weighted by molar-refractivity contribution is 14.1. The van der Waals surface area contributed by atoms with Gasteiger partial charge in [-0.3, -0.25) is 0 Å². The Hall–Kier alpha value is 0.690. The van der Waals surface area contributed by atoms with Gasteiger partial charge in [-0.1, -0.05) is 22.6 Å². The molecule has 0 amide bonds. The molecule has 1 N–H and O–H groups in total. The summed E-state index contributed by atoms with van der Waals surface area (Å²) in [5.41, 5.74) is -0.457. The van der Waals surface area contributed by atoms with Gasteiger partial charge in [0, 0.05) is 4.43 Å². The van der Waals surface area contributed by atoms with Crippen LogP contribution in [0, 0.1) is 0 Å². The molecule has 0 aromatic rings. The molecule has 44 valence electrons. The zero-order valence-corrected chi connectivity index (χ0v) is 6.90. The highest BCUT2D eigenvalue weighted by Crippen LogP contribution is 2.07. The summed E-state index contributed by atoms with van der Waals surface area (Å²) in [7, 11) is 0. The monoisotopic (exact) mass is 214 g/mol. The number of aliphatic hydroxyl groups is 1. The summed E-state index contributed by atoms with van der Waals surface area (Å²) >= 11 is 2.25. The van der Waals surface area contributed by atoms with Crippen LogP contribution >= 0.6 is 22.6 Å². The number of rotatable bonds is 2. The van der Waals surface area contributed by atoms with E-state index in [1.54, 1.807) is 0 Å². The van der Waals surface area contributed by atoms with Crippen LogP contribution in [0.1, 0.15) is 20.3 Å². The minimum absolute atomic E-state index is 0.457. The lowest BCUT2D eigenvalue weighted by Gasteiger charge is -2.13. The van der Waals surface area contributed by atoms with Gasteiger partial charge in [0.25, 0.3) is 0 Å². The molecule has 0 atom stereocenters. The minimum Gasteiger partial charge on any atom is -0.390 e. The molecule has 1 nitrogen and oxygen atoms in total. The lowest BCUT2D eigenvalue weighted by atomic mass is 10.1. The number of hydrogen-bond acceptors (Lipinski definition) is 1. The van der Waals surface area contributed by atoms with Crippen molar-refractivity contribution in [2.45, 2.75) is 25.9 Å². The normalized spacial score (nSPS) is 12.0. The van der Waals surface area contributed by atoms with E-state index in [0.29, 0.717) is 0 Å². The lowest BCUT2D eigenvalue weighted by molar-refractivity contribution is 0.0785. The third kappa shape index (κ3) is 6.69. The molecule has 0 radical (unpaired) electrons. The van der Waals surface area contributed by atoms with E-state index in [-0.39, 0.29) is 0 Å². The number of hydrogen-bond donors (Lipinski definition) is 1. The van der Waals surface area contributed by atoms with E-state index in [4.69, 9.17) is 5.11 Å². The zero-order valence-electron chi connectivity index (χ0n) is 4.74. The third-order valence-corrected chi connectivity index (χ3v) is 1.25. The largest absolute Gasteiger partial charge is 0.390 e. The standard InChI is InChI=1S/C5H11IO/c1-5(2,7)3-4-6/h7H,3-4H2,1-2H3. The molecule has 0 spiro atoms. The van der Waals surface area contributed by atoms with E-state index in [2.05, 4.69) is 22.6 Å². The first-order valence-corrected chi connectivity index (χ1v) is 3.87. The van der Waals surface area contributed by atoms with Gasteiger partial charge in [-0.05, 0) is 20.3 Å². The van der Waals surface area contributed by atoms with Crippen molar-refractivity contribution in [3.63, 3.8) is 0 Å². The summed E-state index contributed by atoms with van der Waals surface area (Å²) in [6, 6.07) is 0. The summed E-state index contributed by atoms with van der Waals surface area (Å²) in [5, 5.41) is 9.01. The second kappa shape index (κ2) is 2.87. The van der Waals surface area contributed by atoms with Crippen molar-refractivity contribution in [2.75, 3.05) is 4.43 Å². The van der Waals surface area contributed by atoms with E-state index >= 15 is 0 Å². The Labute approximate surface area is 58.3 Å². The Balaban J connectivity index is 3.15. The van der Waals surface area contributed by atoms with Crippen LogP contribution < -0.4 is 0 Å². The lowest BCUT2D eigenvalue weighted by Crippen LogP contribution is -2.18. The van der Waals surface area contributed by atoms with Gasteiger partial charge < -0.3 is 5.11 Å². The topological polar surface area (TPSA) is 20.2 Å². The maximum atomic E-state index is 9.01. The van der Waals surface area contributed by atoms with Crippen molar-refractivity contribution in [1.29, 1.82) is 0 Å². The van der Waals surface area contributed by atoms with Crippen LogP contribution in [0.3, 0.4) is 0 Å². The molecule has 0 aliphatic rings. The molecule has 0 saturated carbocycles. The van der Waals surface area contributed by atoms with Crippen LogP contribution in [0.5, 0.6) is 0 Å². The van der Waals surface area contributed by atoms with E-state index in [0.717, 1.165) is 10.8 Å². The van der Waals surface area contributed by atoms with Crippen molar-refractivity contribution in [2.24, 2.45) is 0 Å². The molecular formula is C5H11IO.